The molecule has 0 aliphatic carbocycles. The van der Waals surface area contributed by atoms with Crippen molar-refractivity contribution in [2.45, 2.75) is 45.1 Å². The van der Waals surface area contributed by atoms with Crippen molar-refractivity contribution >= 4 is 0 Å². The van der Waals surface area contributed by atoms with Crippen LogP contribution in [0.25, 0.3) is 0 Å². The molecule has 1 heterocycles. The van der Waals surface area contributed by atoms with E-state index in [0.29, 0.717) is 0 Å². The van der Waals surface area contributed by atoms with Gasteiger partial charge in [0.05, 0.1) is 6.10 Å². The summed E-state index contributed by atoms with van der Waals surface area (Å²) in [6.45, 7) is 5.22. The molecule has 1 N–H and O–H groups in total. The van der Waals surface area contributed by atoms with E-state index in [1.165, 1.54) is 31.2 Å². The zero-order chi connectivity index (χ0) is 12.8. The molecule has 18 heavy (non-hydrogen) atoms. The Morgan fingerprint density at radius 1 is 1.06 bits per heavy atom. The number of aryl methyl sites for hydroxylation is 1. The molecule has 1 aromatic carbocycles. The van der Waals surface area contributed by atoms with Gasteiger partial charge < -0.3 is 10.0 Å². The molecular weight excluding hydrogens is 222 g/mol. The van der Waals surface area contributed by atoms with Crippen molar-refractivity contribution in [1.29, 1.82) is 0 Å². The lowest BCUT2D eigenvalue weighted by Gasteiger charge is -2.23. The molecule has 0 bridgehead atoms. The third kappa shape index (κ3) is 3.82. The molecule has 0 amide bonds. The van der Waals surface area contributed by atoms with Crippen LogP contribution in [-0.4, -0.2) is 29.6 Å². The summed E-state index contributed by atoms with van der Waals surface area (Å²) < 4.78 is 0. The highest BCUT2D eigenvalue weighted by Gasteiger charge is 2.14. The van der Waals surface area contributed by atoms with E-state index in [4.69, 9.17) is 0 Å². The second-order valence-electron chi connectivity index (χ2n) is 5.33. The maximum atomic E-state index is 10.3. The maximum absolute atomic E-state index is 10.3. The van der Waals surface area contributed by atoms with Gasteiger partial charge in [0.2, 0.25) is 0 Å². The van der Waals surface area contributed by atoms with Crippen molar-refractivity contribution in [2.75, 3.05) is 19.6 Å². The number of aliphatic hydroxyl groups excluding tert-OH is 1. The first-order valence-electron chi connectivity index (χ1n) is 7.29. The highest BCUT2D eigenvalue weighted by atomic mass is 16.3. The lowest BCUT2D eigenvalue weighted by atomic mass is 10.1. The Kier molecular flexibility index (Phi) is 5.21. The zero-order valence-corrected chi connectivity index (χ0v) is 11.4. The van der Waals surface area contributed by atoms with Gasteiger partial charge in [-0.3, -0.25) is 0 Å². The largest absolute Gasteiger partial charge is 0.387 e. The zero-order valence-electron chi connectivity index (χ0n) is 11.4. The summed E-state index contributed by atoms with van der Waals surface area (Å²) in [5, 5.41) is 10.3. The van der Waals surface area contributed by atoms with Crippen LogP contribution in [0.4, 0.5) is 0 Å². The Balaban J connectivity index is 1.90. The monoisotopic (exact) mass is 247 g/mol. The minimum absolute atomic E-state index is 0.339. The number of hydrogen-bond acceptors (Lipinski definition) is 2. The Bertz CT molecular complexity index is 339. The van der Waals surface area contributed by atoms with Crippen molar-refractivity contribution in [3.05, 3.63) is 35.4 Å². The Hall–Kier alpha value is -0.860. The van der Waals surface area contributed by atoms with Gasteiger partial charge in [0, 0.05) is 6.54 Å². The normalized spacial score (nSPS) is 19.4. The van der Waals surface area contributed by atoms with Gasteiger partial charge in [0.25, 0.3) is 0 Å². The second kappa shape index (κ2) is 6.91. The van der Waals surface area contributed by atoms with E-state index in [-0.39, 0.29) is 6.10 Å². The summed E-state index contributed by atoms with van der Waals surface area (Å²) in [5.74, 6) is 0. The van der Waals surface area contributed by atoms with Crippen molar-refractivity contribution in [2.24, 2.45) is 0 Å². The van der Waals surface area contributed by atoms with Gasteiger partial charge in [-0.1, -0.05) is 44.0 Å². The van der Waals surface area contributed by atoms with Crippen LogP contribution in [0.15, 0.2) is 24.3 Å². The number of aliphatic hydroxyl groups is 1. The summed E-state index contributed by atoms with van der Waals surface area (Å²) in [6, 6.07) is 8.39. The smallest absolute Gasteiger partial charge is 0.0916 e. The average molecular weight is 247 g/mol. The lowest BCUT2D eigenvalue weighted by Crippen LogP contribution is -2.29. The second-order valence-corrected chi connectivity index (χ2v) is 5.33. The van der Waals surface area contributed by atoms with Gasteiger partial charge in [0.15, 0.2) is 0 Å². The van der Waals surface area contributed by atoms with Crippen molar-refractivity contribution in [3.63, 3.8) is 0 Å². The molecule has 1 atom stereocenters. The van der Waals surface area contributed by atoms with Gasteiger partial charge in [-0.15, -0.1) is 0 Å². The number of nitrogens with zero attached hydrogens (tertiary/aromatic N) is 1. The molecule has 1 aliphatic heterocycles. The fourth-order valence-electron chi connectivity index (χ4n) is 2.64. The van der Waals surface area contributed by atoms with Crippen molar-refractivity contribution in [1.82, 2.24) is 4.90 Å². The topological polar surface area (TPSA) is 23.5 Å². The van der Waals surface area contributed by atoms with Gasteiger partial charge in [-0.25, -0.2) is 0 Å². The third-order valence-electron chi connectivity index (χ3n) is 3.90. The van der Waals surface area contributed by atoms with Crippen LogP contribution in [0.3, 0.4) is 0 Å². The molecule has 100 valence electrons. The van der Waals surface area contributed by atoms with E-state index in [9.17, 15) is 5.11 Å². The number of likely N-dealkylation sites (tertiary alicyclic amines) is 1. The van der Waals surface area contributed by atoms with Gasteiger partial charge in [-0.2, -0.15) is 0 Å². The molecule has 0 aromatic heterocycles. The van der Waals surface area contributed by atoms with E-state index in [2.05, 4.69) is 36.1 Å². The fraction of sp³-hybridized carbons (Fsp3) is 0.625. The molecule has 2 heteroatoms. The third-order valence-corrected chi connectivity index (χ3v) is 3.90. The predicted molar refractivity (Wildman–Crippen MR) is 75.7 cm³/mol. The average Bonchev–Trinajstić information content (AvgIpc) is 2.67. The first-order chi connectivity index (χ1) is 8.79. The van der Waals surface area contributed by atoms with Crippen LogP contribution in [0.1, 0.15) is 49.8 Å². The van der Waals surface area contributed by atoms with E-state index in [0.717, 1.165) is 31.6 Å². The van der Waals surface area contributed by atoms with E-state index >= 15 is 0 Å². The Morgan fingerprint density at radius 2 is 1.67 bits per heavy atom. The molecule has 0 saturated carbocycles. The quantitative estimate of drug-likeness (QED) is 0.883. The molecule has 0 radical (unpaired) electrons. The predicted octanol–water partition coefficient (Wildman–Crippen LogP) is 3.16. The first kappa shape index (κ1) is 13.6. The summed E-state index contributed by atoms with van der Waals surface area (Å²) in [6.07, 6.45) is 5.97. The van der Waals surface area contributed by atoms with Crippen molar-refractivity contribution < 1.29 is 5.11 Å². The van der Waals surface area contributed by atoms with Crippen molar-refractivity contribution in [3.8, 4) is 0 Å². The molecule has 1 aromatic rings. The summed E-state index contributed by atoms with van der Waals surface area (Å²) in [5.41, 5.74) is 2.39. The van der Waals surface area contributed by atoms with Gasteiger partial charge >= 0.3 is 0 Å². The lowest BCUT2D eigenvalue weighted by molar-refractivity contribution is 0.115. The molecule has 1 saturated heterocycles. The molecule has 1 fully saturated rings. The highest BCUT2D eigenvalue weighted by molar-refractivity contribution is 5.24. The van der Waals surface area contributed by atoms with E-state index in [1.807, 2.05) is 0 Å². The first-order valence-corrected chi connectivity index (χ1v) is 7.29. The minimum atomic E-state index is -0.339. The van der Waals surface area contributed by atoms with Crippen LogP contribution < -0.4 is 0 Å². The van der Waals surface area contributed by atoms with Crippen LogP contribution >= 0.6 is 0 Å². The van der Waals surface area contributed by atoms with Crippen LogP contribution in [-0.2, 0) is 6.42 Å². The molecule has 2 rings (SSSR count). The number of β-amino-alcohol motifs (C(OH)–C–C–N with tert-alkyl or cyclic N) is 1. The highest BCUT2D eigenvalue weighted by Crippen LogP contribution is 2.18. The van der Waals surface area contributed by atoms with E-state index in [1.54, 1.807) is 0 Å². The number of hydrogen-bond donors (Lipinski definition) is 1. The molecule has 1 aliphatic rings. The molecule has 1 unspecified atom stereocenters. The van der Waals surface area contributed by atoms with Crippen LogP contribution in [0.5, 0.6) is 0 Å². The number of benzene rings is 1. The Morgan fingerprint density at radius 3 is 2.22 bits per heavy atom. The van der Waals surface area contributed by atoms with E-state index < -0.39 is 0 Å². The standard InChI is InChI=1S/C16H25NO/c1-2-14-7-9-15(10-8-14)16(18)13-17-11-5-3-4-6-12-17/h7-10,16,18H,2-6,11-13H2,1H3. The fourth-order valence-corrected chi connectivity index (χ4v) is 2.64. The molecule has 2 nitrogen and oxygen atoms in total. The SMILES string of the molecule is CCc1ccc(C(O)CN2CCCCCC2)cc1. The van der Waals surface area contributed by atoms with Crippen LogP contribution in [0, 0.1) is 0 Å². The van der Waals surface area contributed by atoms with Crippen LogP contribution in [0.2, 0.25) is 0 Å². The van der Waals surface area contributed by atoms with Gasteiger partial charge in [0.1, 0.15) is 0 Å². The Labute approximate surface area is 111 Å². The summed E-state index contributed by atoms with van der Waals surface area (Å²) in [4.78, 5) is 2.41. The molecular formula is C16H25NO. The molecule has 0 spiro atoms. The number of rotatable bonds is 4. The maximum Gasteiger partial charge on any atom is 0.0916 e. The summed E-state index contributed by atoms with van der Waals surface area (Å²) in [7, 11) is 0. The van der Waals surface area contributed by atoms with Gasteiger partial charge in [-0.05, 0) is 43.5 Å². The summed E-state index contributed by atoms with van der Waals surface area (Å²) >= 11 is 0. The minimum Gasteiger partial charge on any atom is -0.387 e.